The zero-order chi connectivity index (χ0) is 14.6. The van der Waals surface area contributed by atoms with E-state index in [4.69, 9.17) is 4.74 Å². The topological polar surface area (TPSA) is 41.6 Å². The van der Waals surface area contributed by atoms with Gasteiger partial charge in [-0.2, -0.15) is 0 Å². The van der Waals surface area contributed by atoms with Crippen LogP contribution in [0.5, 0.6) is 0 Å². The van der Waals surface area contributed by atoms with Crippen LogP contribution in [0.15, 0.2) is 0 Å². The summed E-state index contributed by atoms with van der Waals surface area (Å²) in [5.74, 6) is 0.962. The molecule has 1 saturated heterocycles. The van der Waals surface area contributed by atoms with Crippen LogP contribution in [0.1, 0.15) is 48.0 Å². The second-order valence-electron chi connectivity index (χ2n) is 6.03. The summed E-state index contributed by atoms with van der Waals surface area (Å²) >= 11 is 0. The van der Waals surface area contributed by atoms with E-state index < -0.39 is 0 Å². The van der Waals surface area contributed by atoms with Crippen molar-refractivity contribution in [2.24, 2.45) is 11.8 Å². The predicted molar refractivity (Wildman–Crippen MR) is 77.8 cm³/mol. The number of nitrogens with zero attached hydrogens (tertiary/aromatic N) is 1. The molecule has 3 unspecified atom stereocenters. The van der Waals surface area contributed by atoms with Crippen LogP contribution < -0.4 is 5.32 Å². The average molecular weight is 270 g/mol. The van der Waals surface area contributed by atoms with Gasteiger partial charge in [0.05, 0.1) is 24.9 Å². The number of nitrogens with one attached hydrogen (secondary N) is 1. The molecule has 0 aromatic rings. The van der Waals surface area contributed by atoms with E-state index in [2.05, 4.69) is 39.9 Å². The molecule has 0 aliphatic carbocycles. The molecule has 4 heteroatoms. The minimum atomic E-state index is -0.0483. The highest BCUT2D eigenvalue weighted by Gasteiger charge is 2.43. The summed E-state index contributed by atoms with van der Waals surface area (Å²) in [7, 11) is 0. The molecule has 19 heavy (non-hydrogen) atoms. The molecule has 3 atom stereocenters. The molecular weight excluding hydrogens is 240 g/mol. The van der Waals surface area contributed by atoms with Crippen LogP contribution >= 0.6 is 0 Å². The van der Waals surface area contributed by atoms with Crippen molar-refractivity contribution in [2.45, 2.75) is 66.2 Å². The summed E-state index contributed by atoms with van der Waals surface area (Å²) in [6.07, 6.45) is 1.08. The molecule has 1 aliphatic heterocycles. The van der Waals surface area contributed by atoms with Gasteiger partial charge in [0.15, 0.2) is 0 Å². The van der Waals surface area contributed by atoms with Gasteiger partial charge < -0.3 is 9.64 Å². The van der Waals surface area contributed by atoms with E-state index in [9.17, 15) is 4.79 Å². The van der Waals surface area contributed by atoms with E-state index in [-0.39, 0.29) is 24.2 Å². The van der Waals surface area contributed by atoms with Gasteiger partial charge in [-0.25, -0.2) is 0 Å². The Hall–Kier alpha value is -0.610. The van der Waals surface area contributed by atoms with Crippen LogP contribution in [0.3, 0.4) is 0 Å². The molecule has 0 radical (unpaired) electrons. The first-order valence-electron chi connectivity index (χ1n) is 7.59. The van der Waals surface area contributed by atoms with Crippen molar-refractivity contribution in [2.75, 3.05) is 13.2 Å². The number of hydrogen-bond acceptors (Lipinski definition) is 3. The van der Waals surface area contributed by atoms with E-state index in [1.54, 1.807) is 0 Å². The summed E-state index contributed by atoms with van der Waals surface area (Å²) < 4.78 is 5.58. The Morgan fingerprint density at radius 1 is 1.26 bits per heavy atom. The monoisotopic (exact) mass is 270 g/mol. The fourth-order valence-corrected chi connectivity index (χ4v) is 2.69. The molecule has 0 bridgehead atoms. The van der Waals surface area contributed by atoms with Crippen LogP contribution in [0, 0.1) is 11.8 Å². The molecule has 1 fully saturated rings. The van der Waals surface area contributed by atoms with Crippen LogP contribution in [-0.2, 0) is 9.53 Å². The number of carbonyl (C=O) groups excluding carboxylic acids is 1. The third-order valence-electron chi connectivity index (χ3n) is 3.90. The van der Waals surface area contributed by atoms with Gasteiger partial charge in [-0.05, 0) is 25.2 Å². The largest absolute Gasteiger partial charge is 0.380 e. The predicted octanol–water partition coefficient (Wildman–Crippen LogP) is 2.24. The first kappa shape index (κ1) is 16.4. The molecule has 112 valence electrons. The maximum atomic E-state index is 12.6. The Kier molecular flexibility index (Phi) is 6.27. The Morgan fingerprint density at radius 3 is 2.32 bits per heavy atom. The maximum absolute atomic E-state index is 12.6. The lowest BCUT2D eigenvalue weighted by atomic mass is 10.0. The fraction of sp³-hybridized carbons (Fsp3) is 0.933. The third-order valence-corrected chi connectivity index (χ3v) is 3.90. The molecule has 1 heterocycles. The fourth-order valence-electron chi connectivity index (χ4n) is 2.69. The minimum Gasteiger partial charge on any atom is -0.380 e. The highest BCUT2D eigenvalue weighted by atomic mass is 16.5. The van der Waals surface area contributed by atoms with E-state index >= 15 is 0 Å². The van der Waals surface area contributed by atoms with Crippen molar-refractivity contribution < 1.29 is 9.53 Å². The van der Waals surface area contributed by atoms with Crippen LogP contribution in [-0.4, -0.2) is 42.3 Å². The molecule has 4 nitrogen and oxygen atoms in total. The van der Waals surface area contributed by atoms with Gasteiger partial charge in [0.25, 0.3) is 0 Å². The van der Waals surface area contributed by atoms with Crippen molar-refractivity contribution in [3.8, 4) is 0 Å². The number of hydrogen-bond donors (Lipinski definition) is 1. The zero-order valence-electron chi connectivity index (χ0n) is 13.3. The summed E-state index contributed by atoms with van der Waals surface area (Å²) in [4.78, 5) is 14.7. The van der Waals surface area contributed by atoms with E-state index in [0.29, 0.717) is 25.0 Å². The first-order valence-corrected chi connectivity index (χ1v) is 7.59. The molecular formula is C15H30N2O2. The number of amides is 1. The number of rotatable bonds is 7. The second-order valence-corrected chi connectivity index (χ2v) is 6.03. The van der Waals surface area contributed by atoms with Crippen molar-refractivity contribution >= 4 is 5.91 Å². The number of ether oxygens (including phenoxy) is 1. The van der Waals surface area contributed by atoms with Crippen LogP contribution in [0.4, 0.5) is 0 Å². The van der Waals surface area contributed by atoms with E-state index in [0.717, 1.165) is 6.42 Å². The van der Waals surface area contributed by atoms with Gasteiger partial charge in [0, 0.05) is 6.61 Å². The zero-order valence-corrected chi connectivity index (χ0v) is 13.3. The van der Waals surface area contributed by atoms with Gasteiger partial charge in [-0.15, -0.1) is 0 Å². The first-order chi connectivity index (χ1) is 8.93. The molecule has 0 spiro atoms. The summed E-state index contributed by atoms with van der Waals surface area (Å²) in [6.45, 7) is 14.0. The normalized spacial score (nSPS) is 25.7. The lowest BCUT2D eigenvalue weighted by Gasteiger charge is -2.34. The van der Waals surface area contributed by atoms with Crippen molar-refractivity contribution in [1.82, 2.24) is 10.2 Å². The van der Waals surface area contributed by atoms with Gasteiger partial charge >= 0.3 is 0 Å². The molecule has 0 saturated carbocycles. The van der Waals surface area contributed by atoms with Gasteiger partial charge in [0.2, 0.25) is 5.91 Å². The quantitative estimate of drug-likeness (QED) is 0.771. The van der Waals surface area contributed by atoms with Gasteiger partial charge in [-0.1, -0.05) is 34.6 Å². The Morgan fingerprint density at radius 2 is 1.89 bits per heavy atom. The summed E-state index contributed by atoms with van der Waals surface area (Å²) in [6, 6.07) is 0.112. The van der Waals surface area contributed by atoms with Crippen LogP contribution in [0.2, 0.25) is 0 Å². The molecule has 1 rings (SSSR count). The lowest BCUT2D eigenvalue weighted by molar-refractivity contribution is -0.135. The smallest absolute Gasteiger partial charge is 0.241 e. The van der Waals surface area contributed by atoms with E-state index in [1.807, 2.05) is 11.8 Å². The summed E-state index contributed by atoms with van der Waals surface area (Å²) in [5, 5.41) is 3.47. The van der Waals surface area contributed by atoms with Crippen molar-refractivity contribution in [3.63, 3.8) is 0 Å². The highest BCUT2D eigenvalue weighted by Crippen LogP contribution is 2.24. The SMILES string of the molecule is CCOCC(C(C)C)N1C(=O)C(C(C)C)NC1CC. The molecule has 1 aliphatic rings. The minimum absolute atomic E-state index is 0.0483. The van der Waals surface area contributed by atoms with Crippen molar-refractivity contribution in [1.29, 1.82) is 0 Å². The van der Waals surface area contributed by atoms with Gasteiger partial charge in [-0.3, -0.25) is 10.1 Å². The molecule has 0 aromatic carbocycles. The molecule has 1 N–H and O–H groups in total. The molecule has 0 aromatic heterocycles. The standard InChI is InChI=1S/C15H30N2O2/c1-7-13-16-14(11(5)6)15(18)17(13)12(10(3)4)9-19-8-2/h10-14,16H,7-9H2,1-6H3. The van der Waals surface area contributed by atoms with Gasteiger partial charge in [0.1, 0.15) is 0 Å². The summed E-state index contributed by atoms with van der Waals surface area (Å²) in [5.41, 5.74) is 0. The third kappa shape index (κ3) is 3.69. The molecule has 1 amide bonds. The van der Waals surface area contributed by atoms with Crippen molar-refractivity contribution in [3.05, 3.63) is 0 Å². The maximum Gasteiger partial charge on any atom is 0.241 e. The Labute approximate surface area is 117 Å². The van der Waals surface area contributed by atoms with E-state index in [1.165, 1.54) is 0 Å². The highest BCUT2D eigenvalue weighted by molar-refractivity contribution is 5.85. The lowest BCUT2D eigenvalue weighted by Crippen LogP contribution is -2.49. The number of carbonyl (C=O) groups is 1. The Balaban J connectivity index is 2.89. The van der Waals surface area contributed by atoms with Crippen LogP contribution in [0.25, 0.3) is 0 Å². The Bertz CT molecular complexity index is 292. The second kappa shape index (κ2) is 7.25. The average Bonchev–Trinajstić information content (AvgIpc) is 2.67.